The number of ether oxygens (including phenoxy) is 2. The molecule has 0 aliphatic heterocycles. The minimum absolute atomic E-state index is 0.150. The van der Waals surface area contributed by atoms with E-state index in [1.807, 2.05) is 0 Å². The molecule has 5 nitrogen and oxygen atoms in total. The van der Waals surface area contributed by atoms with Gasteiger partial charge in [0.15, 0.2) is 11.5 Å². The van der Waals surface area contributed by atoms with Crippen LogP contribution in [0.25, 0.3) is 0 Å². The number of hydrazone groups is 1. The lowest BCUT2D eigenvalue weighted by molar-refractivity contribution is -0.137. The molecule has 0 saturated heterocycles. The predicted molar refractivity (Wildman–Crippen MR) is 83.9 cm³/mol. The summed E-state index contributed by atoms with van der Waals surface area (Å²) < 4.78 is 47.9. The van der Waals surface area contributed by atoms with Crippen molar-refractivity contribution in [1.82, 2.24) is 0 Å². The van der Waals surface area contributed by atoms with Crippen LogP contribution in [0.2, 0.25) is 0 Å². The van der Waals surface area contributed by atoms with Gasteiger partial charge in [-0.1, -0.05) is 6.07 Å². The SMILES string of the molecule is COc1cc(C=NNc2cccc(C(F)(F)F)c2)cc(OC)c1O. The van der Waals surface area contributed by atoms with Gasteiger partial charge in [0.25, 0.3) is 0 Å². The molecule has 0 fully saturated rings. The van der Waals surface area contributed by atoms with Gasteiger partial charge >= 0.3 is 6.18 Å². The van der Waals surface area contributed by atoms with Crippen LogP contribution in [-0.2, 0) is 6.18 Å². The number of benzene rings is 2. The molecule has 0 aromatic heterocycles. The molecule has 0 radical (unpaired) electrons. The molecule has 0 unspecified atom stereocenters. The van der Waals surface area contributed by atoms with Crippen molar-refractivity contribution in [2.45, 2.75) is 6.18 Å². The molecule has 0 saturated carbocycles. The summed E-state index contributed by atoms with van der Waals surface area (Å²) in [5, 5.41) is 13.7. The van der Waals surface area contributed by atoms with E-state index in [1.54, 1.807) is 0 Å². The topological polar surface area (TPSA) is 63.1 Å². The second kappa shape index (κ2) is 7.12. The van der Waals surface area contributed by atoms with E-state index in [2.05, 4.69) is 10.5 Å². The molecule has 2 aromatic rings. The Morgan fingerprint density at radius 3 is 2.25 bits per heavy atom. The van der Waals surface area contributed by atoms with Crippen molar-refractivity contribution >= 4 is 11.9 Å². The van der Waals surface area contributed by atoms with Crippen molar-refractivity contribution < 1.29 is 27.8 Å². The zero-order valence-corrected chi connectivity index (χ0v) is 12.9. The first kappa shape index (κ1) is 17.5. The van der Waals surface area contributed by atoms with Crippen molar-refractivity contribution in [3.8, 4) is 17.2 Å². The smallest absolute Gasteiger partial charge is 0.416 e. The molecule has 24 heavy (non-hydrogen) atoms. The Labute approximate surface area is 136 Å². The molecular formula is C16H15F3N2O3. The third-order valence-electron chi connectivity index (χ3n) is 3.10. The lowest BCUT2D eigenvalue weighted by atomic mass is 10.2. The van der Waals surface area contributed by atoms with E-state index in [0.29, 0.717) is 5.56 Å². The number of nitrogens with one attached hydrogen (secondary N) is 1. The zero-order chi connectivity index (χ0) is 17.7. The molecule has 0 atom stereocenters. The number of methoxy groups -OCH3 is 2. The van der Waals surface area contributed by atoms with Crippen LogP contribution in [0.1, 0.15) is 11.1 Å². The van der Waals surface area contributed by atoms with Crippen LogP contribution >= 0.6 is 0 Å². The van der Waals surface area contributed by atoms with Gasteiger partial charge in [-0.3, -0.25) is 5.43 Å². The number of alkyl halides is 3. The van der Waals surface area contributed by atoms with Crippen LogP contribution in [0, 0.1) is 0 Å². The Hall–Kier alpha value is -2.90. The standard InChI is InChI=1S/C16H15F3N2O3/c1-23-13-6-10(7-14(24-2)15(13)22)9-20-21-12-5-3-4-11(8-12)16(17,18)19/h3-9,21-22H,1-2H3. The van der Waals surface area contributed by atoms with Gasteiger partial charge in [0, 0.05) is 5.56 Å². The zero-order valence-electron chi connectivity index (χ0n) is 12.9. The van der Waals surface area contributed by atoms with Crippen molar-refractivity contribution in [2.24, 2.45) is 5.10 Å². The van der Waals surface area contributed by atoms with Crippen molar-refractivity contribution in [3.05, 3.63) is 47.5 Å². The predicted octanol–water partition coefficient (Wildman–Crippen LogP) is 3.87. The third kappa shape index (κ3) is 4.09. The minimum Gasteiger partial charge on any atom is -0.502 e. The Morgan fingerprint density at radius 2 is 1.71 bits per heavy atom. The highest BCUT2D eigenvalue weighted by molar-refractivity contribution is 5.83. The number of hydrogen-bond acceptors (Lipinski definition) is 5. The second-order valence-electron chi connectivity index (χ2n) is 4.72. The molecule has 0 aliphatic carbocycles. The van der Waals surface area contributed by atoms with Crippen LogP contribution in [0.4, 0.5) is 18.9 Å². The van der Waals surface area contributed by atoms with Gasteiger partial charge in [0.1, 0.15) is 0 Å². The van der Waals surface area contributed by atoms with E-state index in [4.69, 9.17) is 9.47 Å². The highest BCUT2D eigenvalue weighted by Gasteiger charge is 2.30. The molecular weight excluding hydrogens is 325 g/mol. The van der Waals surface area contributed by atoms with Crippen molar-refractivity contribution in [3.63, 3.8) is 0 Å². The average molecular weight is 340 g/mol. The highest BCUT2D eigenvalue weighted by Crippen LogP contribution is 2.36. The van der Waals surface area contributed by atoms with Gasteiger partial charge in [0.2, 0.25) is 5.75 Å². The first-order valence-electron chi connectivity index (χ1n) is 6.76. The lowest BCUT2D eigenvalue weighted by Crippen LogP contribution is -2.05. The van der Waals surface area contributed by atoms with Gasteiger partial charge < -0.3 is 14.6 Å². The fourth-order valence-electron chi connectivity index (χ4n) is 1.93. The normalized spacial score (nSPS) is 11.5. The summed E-state index contributed by atoms with van der Waals surface area (Å²) in [7, 11) is 2.77. The summed E-state index contributed by atoms with van der Waals surface area (Å²) in [5.74, 6) is 0.229. The maximum atomic E-state index is 12.6. The lowest BCUT2D eigenvalue weighted by Gasteiger charge is -2.09. The van der Waals surface area contributed by atoms with E-state index in [0.717, 1.165) is 12.1 Å². The molecule has 0 aliphatic rings. The summed E-state index contributed by atoms with van der Waals surface area (Å²) in [4.78, 5) is 0. The fraction of sp³-hybridized carbons (Fsp3) is 0.188. The molecule has 0 amide bonds. The molecule has 0 spiro atoms. The van der Waals surface area contributed by atoms with Crippen molar-refractivity contribution in [2.75, 3.05) is 19.6 Å². The summed E-state index contributed by atoms with van der Waals surface area (Å²) >= 11 is 0. The molecule has 0 heterocycles. The number of rotatable bonds is 5. The first-order chi connectivity index (χ1) is 11.3. The number of halogens is 3. The van der Waals surface area contributed by atoms with Gasteiger partial charge in [-0.25, -0.2) is 0 Å². The van der Waals surface area contributed by atoms with E-state index >= 15 is 0 Å². The highest BCUT2D eigenvalue weighted by atomic mass is 19.4. The van der Waals surface area contributed by atoms with Crippen LogP contribution in [0.3, 0.4) is 0 Å². The van der Waals surface area contributed by atoms with Gasteiger partial charge in [-0.2, -0.15) is 18.3 Å². The fourth-order valence-corrected chi connectivity index (χ4v) is 1.93. The summed E-state index contributed by atoms with van der Waals surface area (Å²) in [6.07, 6.45) is -3.05. The Kier molecular flexibility index (Phi) is 5.18. The molecule has 2 N–H and O–H groups in total. The monoisotopic (exact) mass is 340 g/mol. The van der Waals surface area contributed by atoms with E-state index in [9.17, 15) is 18.3 Å². The number of anilines is 1. The van der Waals surface area contributed by atoms with Gasteiger partial charge in [-0.15, -0.1) is 0 Å². The average Bonchev–Trinajstić information content (AvgIpc) is 2.55. The number of aromatic hydroxyl groups is 1. The molecule has 2 rings (SSSR count). The van der Waals surface area contributed by atoms with E-state index in [1.165, 1.54) is 44.7 Å². The third-order valence-corrected chi connectivity index (χ3v) is 3.10. The summed E-state index contributed by atoms with van der Waals surface area (Å²) in [6, 6.07) is 7.70. The molecule has 0 bridgehead atoms. The molecule has 8 heteroatoms. The number of phenolic OH excluding ortho intramolecular Hbond substituents is 1. The Balaban J connectivity index is 2.18. The molecule has 128 valence electrons. The van der Waals surface area contributed by atoms with Crippen LogP contribution < -0.4 is 14.9 Å². The van der Waals surface area contributed by atoms with Crippen LogP contribution in [0.15, 0.2) is 41.5 Å². The number of nitrogens with zero attached hydrogens (tertiary/aromatic N) is 1. The summed E-state index contributed by atoms with van der Waals surface area (Å²) in [5.41, 5.74) is 2.47. The first-order valence-corrected chi connectivity index (χ1v) is 6.76. The van der Waals surface area contributed by atoms with Gasteiger partial charge in [-0.05, 0) is 30.3 Å². The van der Waals surface area contributed by atoms with Crippen LogP contribution in [-0.4, -0.2) is 25.5 Å². The second-order valence-corrected chi connectivity index (χ2v) is 4.72. The number of phenols is 1. The molecule has 2 aromatic carbocycles. The van der Waals surface area contributed by atoms with Crippen LogP contribution in [0.5, 0.6) is 17.2 Å². The largest absolute Gasteiger partial charge is 0.502 e. The van der Waals surface area contributed by atoms with E-state index in [-0.39, 0.29) is 22.9 Å². The van der Waals surface area contributed by atoms with E-state index < -0.39 is 11.7 Å². The minimum atomic E-state index is -4.42. The van der Waals surface area contributed by atoms with Gasteiger partial charge in [0.05, 0.1) is 31.7 Å². The maximum Gasteiger partial charge on any atom is 0.416 e. The number of hydrogen-bond donors (Lipinski definition) is 2. The quantitative estimate of drug-likeness (QED) is 0.641. The Bertz CT molecular complexity index is 721. The van der Waals surface area contributed by atoms with Crippen molar-refractivity contribution in [1.29, 1.82) is 0 Å². The Morgan fingerprint density at radius 1 is 1.08 bits per heavy atom. The summed E-state index contributed by atoms with van der Waals surface area (Å²) in [6.45, 7) is 0. The maximum absolute atomic E-state index is 12.6.